The average molecular weight is 409 g/mol. The Morgan fingerprint density at radius 2 is 2.12 bits per heavy atom. The van der Waals surface area contributed by atoms with Crippen molar-refractivity contribution in [2.45, 2.75) is 31.6 Å². The van der Waals surface area contributed by atoms with Crippen molar-refractivity contribution in [3.05, 3.63) is 45.6 Å². The van der Waals surface area contributed by atoms with Gasteiger partial charge in [0.05, 0.1) is 29.7 Å². The number of esters is 1. The molecule has 0 N–H and O–H groups in total. The van der Waals surface area contributed by atoms with E-state index in [0.29, 0.717) is 22.9 Å². The molecule has 1 amide bonds. The number of thioether (sulfide) groups is 1. The van der Waals surface area contributed by atoms with Crippen LogP contribution in [0.1, 0.15) is 31.9 Å². The minimum atomic E-state index is -0.530. The van der Waals surface area contributed by atoms with Gasteiger partial charge in [0.1, 0.15) is 0 Å². The SMILES string of the molecule is CC[C@@H]1SC2=NC(C)=C(C(=O)OC)[C@H](c3ccccc3Br)N2C1=O. The molecule has 1 fully saturated rings. The minimum absolute atomic E-state index is 0.0177. The Hall–Kier alpha value is -1.60. The maximum absolute atomic E-state index is 12.9. The fourth-order valence-corrected chi connectivity index (χ4v) is 4.59. The van der Waals surface area contributed by atoms with Crippen molar-refractivity contribution in [2.75, 3.05) is 7.11 Å². The molecule has 24 heavy (non-hydrogen) atoms. The highest BCUT2D eigenvalue weighted by atomic mass is 79.9. The molecule has 0 radical (unpaired) electrons. The number of amidine groups is 1. The summed E-state index contributed by atoms with van der Waals surface area (Å²) >= 11 is 5.00. The van der Waals surface area contributed by atoms with Crippen molar-refractivity contribution in [3.8, 4) is 0 Å². The third-order valence-corrected chi connectivity index (χ3v) is 6.17. The largest absolute Gasteiger partial charge is 0.466 e. The van der Waals surface area contributed by atoms with Crippen molar-refractivity contribution in [3.63, 3.8) is 0 Å². The van der Waals surface area contributed by atoms with Gasteiger partial charge in [0.2, 0.25) is 5.91 Å². The smallest absolute Gasteiger partial charge is 0.338 e. The molecular weight excluding hydrogens is 392 g/mol. The Morgan fingerprint density at radius 3 is 2.75 bits per heavy atom. The van der Waals surface area contributed by atoms with Gasteiger partial charge in [0.15, 0.2) is 5.17 Å². The van der Waals surface area contributed by atoms with Gasteiger partial charge < -0.3 is 4.74 Å². The Morgan fingerprint density at radius 1 is 1.42 bits per heavy atom. The zero-order valence-electron chi connectivity index (χ0n) is 13.6. The van der Waals surface area contributed by atoms with Crippen molar-refractivity contribution >= 4 is 44.7 Å². The molecule has 0 aromatic heterocycles. The first-order valence-corrected chi connectivity index (χ1v) is 9.28. The molecule has 126 valence electrons. The van der Waals surface area contributed by atoms with Crippen LogP contribution in [0.15, 0.2) is 45.0 Å². The second-order valence-corrected chi connectivity index (χ2v) is 7.56. The lowest BCUT2D eigenvalue weighted by atomic mass is 9.94. The first kappa shape index (κ1) is 17.2. The molecule has 0 unspecified atom stereocenters. The number of aliphatic imine (C=N–C) groups is 1. The fourth-order valence-electron chi connectivity index (χ4n) is 2.95. The number of carbonyl (C=O) groups is 2. The van der Waals surface area contributed by atoms with E-state index in [1.165, 1.54) is 18.9 Å². The van der Waals surface area contributed by atoms with Crippen LogP contribution in [0.4, 0.5) is 0 Å². The summed E-state index contributed by atoms with van der Waals surface area (Å²) in [6, 6.07) is 7.06. The standard InChI is InChI=1S/C17H17BrN2O3S/c1-4-12-15(21)20-14(10-7-5-6-8-11(10)18)13(16(22)23-3)9(2)19-17(20)24-12/h5-8,12,14H,4H2,1-3H3/t12-,14-/m0/s1. The average Bonchev–Trinajstić information content (AvgIpc) is 2.89. The van der Waals surface area contributed by atoms with Crippen LogP contribution >= 0.6 is 27.7 Å². The molecule has 0 saturated carbocycles. The fraction of sp³-hybridized carbons (Fsp3) is 0.353. The highest BCUT2D eigenvalue weighted by Crippen LogP contribution is 2.45. The Balaban J connectivity index is 2.20. The first-order chi connectivity index (χ1) is 11.5. The predicted octanol–water partition coefficient (Wildman–Crippen LogP) is 3.66. The lowest BCUT2D eigenvalue weighted by Crippen LogP contribution is -2.40. The maximum Gasteiger partial charge on any atom is 0.338 e. The van der Waals surface area contributed by atoms with Crippen LogP contribution in [-0.2, 0) is 14.3 Å². The summed E-state index contributed by atoms with van der Waals surface area (Å²) < 4.78 is 5.80. The number of nitrogens with zero attached hydrogens (tertiary/aromatic N) is 2. The van der Waals surface area contributed by atoms with Gasteiger partial charge in [-0.1, -0.05) is 52.8 Å². The van der Waals surface area contributed by atoms with Crippen LogP contribution in [-0.4, -0.2) is 34.3 Å². The number of amides is 1. The van der Waals surface area contributed by atoms with Gasteiger partial charge >= 0.3 is 5.97 Å². The number of halogens is 1. The predicted molar refractivity (Wildman–Crippen MR) is 97.6 cm³/mol. The molecule has 1 aromatic carbocycles. The summed E-state index contributed by atoms with van der Waals surface area (Å²) in [5.41, 5.74) is 1.83. The van der Waals surface area contributed by atoms with Gasteiger partial charge in [0.25, 0.3) is 0 Å². The third kappa shape index (κ3) is 2.69. The van der Waals surface area contributed by atoms with Gasteiger partial charge in [-0.25, -0.2) is 9.79 Å². The lowest BCUT2D eigenvalue weighted by Gasteiger charge is -2.33. The van der Waals surface area contributed by atoms with Gasteiger partial charge in [-0.05, 0) is 25.0 Å². The molecule has 2 heterocycles. The number of benzene rings is 1. The third-order valence-electron chi connectivity index (χ3n) is 4.13. The minimum Gasteiger partial charge on any atom is -0.466 e. The van der Waals surface area contributed by atoms with E-state index in [4.69, 9.17) is 4.74 Å². The zero-order valence-corrected chi connectivity index (χ0v) is 16.0. The quantitative estimate of drug-likeness (QED) is 0.715. The van der Waals surface area contributed by atoms with E-state index in [1.807, 2.05) is 31.2 Å². The number of carbonyl (C=O) groups excluding carboxylic acids is 2. The number of fused-ring (bicyclic) bond motifs is 1. The monoisotopic (exact) mass is 408 g/mol. The second kappa shape index (κ2) is 6.72. The summed E-state index contributed by atoms with van der Waals surface area (Å²) in [5, 5.41) is 0.483. The van der Waals surface area contributed by atoms with Crippen molar-refractivity contribution < 1.29 is 14.3 Å². The molecular formula is C17H17BrN2O3S. The number of methoxy groups -OCH3 is 1. The Labute approximate surface area is 153 Å². The lowest BCUT2D eigenvalue weighted by molar-refractivity contribution is -0.137. The van der Waals surface area contributed by atoms with Crippen LogP contribution in [0, 0.1) is 0 Å². The molecule has 2 atom stereocenters. The summed E-state index contributed by atoms with van der Waals surface area (Å²) in [6.45, 7) is 3.76. The van der Waals surface area contributed by atoms with E-state index in [9.17, 15) is 9.59 Å². The highest BCUT2D eigenvalue weighted by Gasteiger charge is 2.47. The molecule has 0 bridgehead atoms. The highest BCUT2D eigenvalue weighted by molar-refractivity contribution is 9.10. The molecule has 1 aromatic rings. The molecule has 0 aliphatic carbocycles. The number of hydrogen-bond acceptors (Lipinski definition) is 5. The summed E-state index contributed by atoms with van der Waals surface area (Å²) in [4.78, 5) is 31.4. The van der Waals surface area contributed by atoms with Crippen LogP contribution < -0.4 is 0 Å². The topological polar surface area (TPSA) is 59.0 Å². The summed E-state index contributed by atoms with van der Waals surface area (Å²) in [6.07, 6.45) is 0.717. The zero-order chi connectivity index (χ0) is 17.4. The molecule has 1 saturated heterocycles. The van der Waals surface area contributed by atoms with Crippen LogP contribution in [0.5, 0.6) is 0 Å². The van der Waals surface area contributed by atoms with Crippen LogP contribution in [0.25, 0.3) is 0 Å². The van der Waals surface area contributed by atoms with Crippen molar-refractivity contribution in [1.29, 1.82) is 0 Å². The molecule has 5 nitrogen and oxygen atoms in total. The van der Waals surface area contributed by atoms with Crippen LogP contribution in [0.2, 0.25) is 0 Å². The molecule has 0 spiro atoms. The maximum atomic E-state index is 12.9. The van der Waals surface area contributed by atoms with Gasteiger partial charge in [-0.3, -0.25) is 9.69 Å². The van der Waals surface area contributed by atoms with E-state index in [0.717, 1.165) is 10.0 Å². The number of allylic oxidation sites excluding steroid dienone is 1. The van der Waals surface area contributed by atoms with Crippen molar-refractivity contribution in [2.24, 2.45) is 4.99 Å². The molecule has 2 aliphatic heterocycles. The van der Waals surface area contributed by atoms with Crippen molar-refractivity contribution in [1.82, 2.24) is 4.90 Å². The van der Waals surface area contributed by atoms with E-state index in [-0.39, 0.29) is 11.2 Å². The summed E-state index contributed by atoms with van der Waals surface area (Å²) in [5.74, 6) is -0.482. The Kier molecular flexibility index (Phi) is 4.83. The summed E-state index contributed by atoms with van der Waals surface area (Å²) in [7, 11) is 1.34. The molecule has 7 heteroatoms. The number of rotatable bonds is 3. The number of ether oxygens (including phenoxy) is 1. The van der Waals surface area contributed by atoms with E-state index >= 15 is 0 Å². The first-order valence-electron chi connectivity index (χ1n) is 7.61. The van der Waals surface area contributed by atoms with E-state index < -0.39 is 12.0 Å². The molecule has 2 aliphatic rings. The van der Waals surface area contributed by atoms with Gasteiger partial charge in [-0.15, -0.1) is 0 Å². The van der Waals surface area contributed by atoms with E-state index in [1.54, 1.807) is 11.8 Å². The van der Waals surface area contributed by atoms with Crippen LogP contribution in [0.3, 0.4) is 0 Å². The van der Waals surface area contributed by atoms with Gasteiger partial charge in [-0.2, -0.15) is 0 Å². The second-order valence-electron chi connectivity index (χ2n) is 5.53. The number of hydrogen-bond donors (Lipinski definition) is 0. The normalized spacial score (nSPS) is 23.2. The van der Waals surface area contributed by atoms with E-state index in [2.05, 4.69) is 20.9 Å². The van der Waals surface area contributed by atoms with Gasteiger partial charge in [0, 0.05) is 4.47 Å². The molecule has 3 rings (SSSR count). The Bertz CT molecular complexity index is 775.